The summed E-state index contributed by atoms with van der Waals surface area (Å²) in [5.41, 5.74) is 1.10. The maximum Gasteiger partial charge on any atom is 0.149 e. The van der Waals surface area contributed by atoms with Gasteiger partial charge in [0.25, 0.3) is 0 Å². The van der Waals surface area contributed by atoms with Crippen LogP contribution in [0.2, 0.25) is 5.02 Å². The molecule has 6 heteroatoms. The lowest BCUT2D eigenvalue weighted by molar-refractivity contribution is 0.580. The van der Waals surface area contributed by atoms with E-state index in [4.69, 9.17) is 11.6 Å². The molecule has 100 valence electrons. The van der Waals surface area contributed by atoms with E-state index in [9.17, 15) is 8.78 Å². The zero-order chi connectivity index (χ0) is 14.0. The Hall–Kier alpha value is -0.650. The Morgan fingerprint density at radius 3 is 2.47 bits per heavy atom. The Labute approximate surface area is 131 Å². The van der Waals surface area contributed by atoms with Gasteiger partial charge in [0, 0.05) is 22.1 Å². The van der Waals surface area contributed by atoms with Gasteiger partial charge in [-0.2, -0.15) is 0 Å². The molecule has 0 aliphatic rings. The Kier molecular flexibility index (Phi) is 4.81. The number of anilines is 1. The first kappa shape index (κ1) is 14.8. The van der Waals surface area contributed by atoms with Crippen molar-refractivity contribution in [2.24, 2.45) is 0 Å². The average molecular weight is 411 g/mol. The molecule has 0 bridgehead atoms. The Morgan fingerprint density at radius 2 is 1.74 bits per heavy atom. The predicted molar refractivity (Wildman–Crippen MR) is 80.5 cm³/mol. The molecular formula is C13H8Br2ClF2N. The van der Waals surface area contributed by atoms with Crippen molar-refractivity contribution in [2.45, 2.75) is 6.54 Å². The van der Waals surface area contributed by atoms with Crippen molar-refractivity contribution in [2.75, 3.05) is 5.32 Å². The molecule has 0 amide bonds. The van der Waals surface area contributed by atoms with Gasteiger partial charge in [-0.1, -0.05) is 27.5 Å². The molecule has 0 unspecified atom stereocenters. The fourth-order valence-corrected chi connectivity index (χ4v) is 2.45. The van der Waals surface area contributed by atoms with Gasteiger partial charge < -0.3 is 5.32 Å². The number of rotatable bonds is 3. The van der Waals surface area contributed by atoms with Crippen molar-refractivity contribution >= 4 is 49.1 Å². The molecule has 2 aromatic carbocycles. The van der Waals surface area contributed by atoms with Crippen LogP contribution in [0.25, 0.3) is 0 Å². The number of nitrogens with one attached hydrogen (secondary N) is 1. The highest BCUT2D eigenvalue weighted by molar-refractivity contribution is 9.10. The van der Waals surface area contributed by atoms with Crippen molar-refractivity contribution in [3.05, 3.63) is 61.5 Å². The number of hydrogen-bond donors (Lipinski definition) is 1. The summed E-state index contributed by atoms with van der Waals surface area (Å²) in [6.07, 6.45) is 0. The highest BCUT2D eigenvalue weighted by Crippen LogP contribution is 2.26. The van der Waals surface area contributed by atoms with Gasteiger partial charge in [0.1, 0.15) is 11.6 Å². The normalized spacial score (nSPS) is 10.6. The topological polar surface area (TPSA) is 12.0 Å². The summed E-state index contributed by atoms with van der Waals surface area (Å²) < 4.78 is 27.7. The zero-order valence-electron chi connectivity index (χ0n) is 9.48. The summed E-state index contributed by atoms with van der Waals surface area (Å²) in [5, 5.41) is 3.50. The Bertz CT molecular complexity index is 620. The fraction of sp³-hybridized carbons (Fsp3) is 0.0769. The quantitative estimate of drug-likeness (QED) is 0.634. The minimum absolute atomic E-state index is 0.210. The van der Waals surface area contributed by atoms with Crippen molar-refractivity contribution in [1.29, 1.82) is 0 Å². The van der Waals surface area contributed by atoms with Gasteiger partial charge in [0.05, 0.1) is 10.2 Å². The smallest absolute Gasteiger partial charge is 0.149 e. The molecular weight excluding hydrogens is 403 g/mol. The van der Waals surface area contributed by atoms with E-state index in [0.717, 1.165) is 16.1 Å². The van der Waals surface area contributed by atoms with Crippen LogP contribution in [0.5, 0.6) is 0 Å². The van der Waals surface area contributed by atoms with Gasteiger partial charge in [-0.25, -0.2) is 8.78 Å². The molecule has 0 radical (unpaired) electrons. The highest BCUT2D eigenvalue weighted by atomic mass is 79.9. The first-order valence-electron chi connectivity index (χ1n) is 5.29. The van der Waals surface area contributed by atoms with Crippen molar-refractivity contribution < 1.29 is 8.78 Å². The lowest BCUT2D eigenvalue weighted by Gasteiger charge is -2.10. The number of hydrogen-bond acceptors (Lipinski definition) is 1. The number of halogens is 5. The maximum absolute atomic E-state index is 13.6. The van der Waals surface area contributed by atoms with Crippen molar-refractivity contribution in [1.82, 2.24) is 0 Å². The summed E-state index contributed by atoms with van der Waals surface area (Å²) in [6.45, 7) is 0.371. The monoisotopic (exact) mass is 409 g/mol. The van der Waals surface area contributed by atoms with Crippen molar-refractivity contribution in [3.8, 4) is 0 Å². The van der Waals surface area contributed by atoms with E-state index in [2.05, 4.69) is 37.2 Å². The summed E-state index contributed by atoms with van der Waals surface area (Å²) in [6, 6.07) is 7.54. The summed E-state index contributed by atoms with van der Waals surface area (Å²) in [7, 11) is 0. The molecule has 2 aromatic rings. The van der Waals surface area contributed by atoms with Gasteiger partial charge in [-0.15, -0.1) is 0 Å². The van der Waals surface area contributed by atoms with E-state index in [-0.39, 0.29) is 10.2 Å². The molecule has 2 rings (SSSR count). The molecule has 0 spiro atoms. The third-order valence-electron chi connectivity index (χ3n) is 2.49. The first-order chi connectivity index (χ1) is 8.97. The van der Waals surface area contributed by atoms with E-state index < -0.39 is 11.6 Å². The van der Waals surface area contributed by atoms with E-state index >= 15 is 0 Å². The average Bonchev–Trinajstić information content (AvgIpc) is 2.36. The van der Waals surface area contributed by atoms with Crippen molar-refractivity contribution in [3.63, 3.8) is 0 Å². The summed E-state index contributed by atoms with van der Waals surface area (Å²) in [5.74, 6) is -1.27. The molecule has 0 saturated heterocycles. The molecule has 19 heavy (non-hydrogen) atoms. The SMILES string of the molecule is Fc1cc(F)c(NCc2cc(Cl)ccc2Br)cc1Br. The van der Waals surface area contributed by atoms with Crippen LogP contribution in [0.1, 0.15) is 5.56 Å². The molecule has 0 aliphatic heterocycles. The van der Waals surface area contributed by atoms with Crippen LogP contribution in [0.3, 0.4) is 0 Å². The lowest BCUT2D eigenvalue weighted by Crippen LogP contribution is -2.03. The van der Waals surface area contributed by atoms with Gasteiger partial charge in [0.15, 0.2) is 0 Å². The predicted octanol–water partition coefficient (Wildman–Crippen LogP) is 5.76. The molecule has 0 aromatic heterocycles. The summed E-state index contributed by atoms with van der Waals surface area (Å²) >= 11 is 12.3. The largest absolute Gasteiger partial charge is 0.379 e. The van der Waals surface area contributed by atoms with Crippen LogP contribution >= 0.6 is 43.5 Å². The van der Waals surface area contributed by atoms with Crippen LogP contribution in [-0.2, 0) is 6.54 Å². The minimum atomic E-state index is -0.640. The van der Waals surface area contributed by atoms with Crippen LogP contribution in [0.4, 0.5) is 14.5 Å². The van der Waals surface area contributed by atoms with E-state index in [1.807, 2.05) is 6.07 Å². The van der Waals surface area contributed by atoms with Crippen LogP contribution in [-0.4, -0.2) is 0 Å². The maximum atomic E-state index is 13.6. The second-order valence-electron chi connectivity index (χ2n) is 3.84. The highest BCUT2D eigenvalue weighted by Gasteiger charge is 2.09. The fourth-order valence-electron chi connectivity index (χ4n) is 1.53. The third kappa shape index (κ3) is 3.68. The molecule has 0 aliphatic carbocycles. The zero-order valence-corrected chi connectivity index (χ0v) is 13.4. The minimum Gasteiger partial charge on any atom is -0.379 e. The molecule has 1 N–H and O–H groups in total. The Morgan fingerprint density at radius 1 is 1.00 bits per heavy atom. The number of benzene rings is 2. The van der Waals surface area contributed by atoms with Gasteiger partial charge >= 0.3 is 0 Å². The Balaban J connectivity index is 2.19. The first-order valence-corrected chi connectivity index (χ1v) is 7.26. The van der Waals surface area contributed by atoms with Crippen LogP contribution in [0, 0.1) is 11.6 Å². The van der Waals surface area contributed by atoms with Crippen LogP contribution in [0.15, 0.2) is 39.3 Å². The van der Waals surface area contributed by atoms with Gasteiger partial charge in [-0.05, 0) is 45.8 Å². The third-order valence-corrected chi connectivity index (χ3v) is 4.10. The summed E-state index contributed by atoms with van der Waals surface area (Å²) in [4.78, 5) is 0. The second kappa shape index (κ2) is 6.20. The molecule has 0 heterocycles. The van der Waals surface area contributed by atoms with E-state index in [1.54, 1.807) is 12.1 Å². The van der Waals surface area contributed by atoms with E-state index in [1.165, 1.54) is 6.07 Å². The molecule has 0 fully saturated rings. The van der Waals surface area contributed by atoms with Gasteiger partial charge in [-0.3, -0.25) is 0 Å². The standard InChI is InChI=1S/C13H8Br2ClF2N/c14-9-2-1-8(16)3-7(9)6-19-13-4-10(15)11(17)5-12(13)18/h1-5,19H,6H2. The molecule has 0 atom stereocenters. The molecule has 0 saturated carbocycles. The van der Waals surface area contributed by atoms with E-state index in [0.29, 0.717) is 11.6 Å². The lowest BCUT2D eigenvalue weighted by atomic mass is 10.2. The van der Waals surface area contributed by atoms with Gasteiger partial charge in [0.2, 0.25) is 0 Å². The molecule has 1 nitrogen and oxygen atoms in total. The van der Waals surface area contributed by atoms with Crippen LogP contribution < -0.4 is 5.32 Å². The second-order valence-corrected chi connectivity index (χ2v) is 5.98.